The van der Waals surface area contributed by atoms with Crippen LogP contribution in [0.5, 0.6) is 0 Å². The van der Waals surface area contributed by atoms with E-state index in [1.54, 1.807) is 6.20 Å². The number of rotatable bonds is 4. The van der Waals surface area contributed by atoms with Crippen LogP contribution in [0.1, 0.15) is 55.1 Å². The summed E-state index contributed by atoms with van der Waals surface area (Å²) in [7, 11) is 0. The topological polar surface area (TPSA) is 102 Å². The Morgan fingerprint density at radius 3 is 2.79 bits per heavy atom. The molecule has 152 valence electrons. The maximum atomic E-state index is 12.6. The molecule has 9 heteroatoms. The van der Waals surface area contributed by atoms with Crippen molar-refractivity contribution in [2.24, 2.45) is 0 Å². The van der Waals surface area contributed by atoms with E-state index in [0.717, 1.165) is 50.7 Å². The average Bonchev–Trinajstić information content (AvgIpc) is 3.12. The minimum absolute atomic E-state index is 0.0179. The molecule has 0 saturated carbocycles. The van der Waals surface area contributed by atoms with Gasteiger partial charge in [0.05, 0.1) is 18.3 Å². The number of aromatic amines is 1. The molecule has 5 rings (SSSR count). The second kappa shape index (κ2) is 7.31. The van der Waals surface area contributed by atoms with Crippen molar-refractivity contribution in [3.8, 4) is 0 Å². The summed E-state index contributed by atoms with van der Waals surface area (Å²) in [6, 6.07) is 2.23. The first-order valence-electron chi connectivity index (χ1n) is 10.2. The minimum Gasteiger partial charge on any atom is -0.381 e. The van der Waals surface area contributed by atoms with Crippen LogP contribution < -0.4 is 5.56 Å². The van der Waals surface area contributed by atoms with Crippen LogP contribution in [-0.2, 0) is 4.74 Å². The Morgan fingerprint density at radius 2 is 2.03 bits per heavy atom. The van der Waals surface area contributed by atoms with Crippen molar-refractivity contribution in [1.82, 2.24) is 34.6 Å². The summed E-state index contributed by atoms with van der Waals surface area (Å²) in [4.78, 5) is 31.5. The van der Waals surface area contributed by atoms with Crippen molar-refractivity contribution in [2.45, 2.75) is 44.7 Å². The van der Waals surface area contributed by atoms with Crippen LogP contribution in [0.4, 0.5) is 0 Å². The molecule has 5 heterocycles. The van der Waals surface area contributed by atoms with Crippen molar-refractivity contribution >= 4 is 11.0 Å². The Labute approximate surface area is 168 Å². The molecule has 29 heavy (non-hydrogen) atoms. The summed E-state index contributed by atoms with van der Waals surface area (Å²) in [5.74, 6) is 1.88. The number of hydrogen-bond donors (Lipinski definition) is 1. The SMILES string of the molecule is Cc1nccc(C2CN([C@H](C)c3nc4c(cnn4C4CCOCC4)c(=O)[nH]3)C2)n1. The van der Waals surface area contributed by atoms with Gasteiger partial charge in [0.1, 0.15) is 17.0 Å². The minimum atomic E-state index is -0.126. The van der Waals surface area contributed by atoms with E-state index < -0.39 is 0 Å². The first-order valence-corrected chi connectivity index (χ1v) is 10.2. The molecule has 2 aliphatic rings. The molecule has 1 atom stereocenters. The largest absolute Gasteiger partial charge is 0.381 e. The number of aromatic nitrogens is 6. The molecule has 0 radical (unpaired) electrons. The quantitative estimate of drug-likeness (QED) is 0.718. The van der Waals surface area contributed by atoms with Gasteiger partial charge in [0.25, 0.3) is 5.56 Å². The molecule has 3 aromatic rings. The zero-order valence-corrected chi connectivity index (χ0v) is 16.7. The first kappa shape index (κ1) is 18.4. The molecule has 0 bridgehead atoms. The Kier molecular flexibility index (Phi) is 4.63. The number of nitrogens with one attached hydrogen (secondary N) is 1. The highest BCUT2D eigenvalue weighted by molar-refractivity contribution is 5.73. The van der Waals surface area contributed by atoms with Crippen molar-refractivity contribution in [1.29, 1.82) is 0 Å². The number of fused-ring (bicyclic) bond motifs is 1. The van der Waals surface area contributed by atoms with Crippen LogP contribution in [0.25, 0.3) is 11.0 Å². The third kappa shape index (κ3) is 3.34. The van der Waals surface area contributed by atoms with Crippen LogP contribution in [-0.4, -0.2) is 60.9 Å². The van der Waals surface area contributed by atoms with E-state index in [1.807, 2.05) is 23.9 Å². The number of nitrogens with zero attached hydrogens (tertiary/aromatic N) is 6. The lowest BCUT2D eigenvalue weighted by Crippen LogP contribution is -2.47. The van der Waals surface area contributed by atoms with Gasteiger partial charge in [-0.25, -0.2) is 19.6 Å². The smallest absolute Gasteiger partial charge is 0.262 e. The zero-order valence-electron chi connectivity index (χ0n) is 16.7. The molecular formula is C20H25N7O2. The summed E-state index contributed by atoms with van der Waals surface area (Å²) in [6.07, 6.45) is 5.22. The molecule has 0 aromatic carbocycles. The second-order valence-corrected chi connectivity index (χ2v) is 7.98. The molecule has 0 aliphatic carbocycles. The van der Waals surface area contributed by atoms with Crippen LogP contribution >= 0.6 is 0 Å². The van der Waals surface area contributed by atoms with Gasteiger partial charge in [-0.15, -0.1) is 0 Å². The van der Waals surface area contributed by atoms with Gasteiger partial charge in [-0.1, -0.05) is 0 Å². The van der Waals surface area contributed by atoms with E-state index in [0.29, 0.717) is 22.8 Å². The van der Waals surface area contributed by atoms with Crippen LogP contribution in [0.3, 0.4) is 0 Å². The predicted molar refractivity (Wildman–Crippen MR) is 107 cm³/mol. The maximum Gasteiger partial charge on any atom is 0.262 e. The van der Waals surface area contributed by atoms with Crippen molar-refractivity contribution in [3.05, 3.63) is 46.2 Å². The monoisotopic (exact) mass is 395 g/mol. The summed E-state index contributed by atoms with van der Waals surface area (Å²) >= 11 is 0. The van der Waals surface area contributed by atoms with Crippen molar-refractivity contribution in [2.75, 3.05) is 26.3 Å². The number of H-pyrrole nitrogens is 1. The van der Waals surface area contributed by atoms with E-state index >= 15 is 0 Å². The van der Waals surface area contributed by atoms with E-state index in [-0.39, 0.29) is 17.6 Å². The molecule has 0 spiro atoms. The molecule has 9 nitrogen and oxygen atoms in total. The van der Waals surface area contributed by atoms with E-state index in [9.17, 15) is 4.79 Å². The van der Waals surface area contributed by atoms with Crippen molar-refractivity contribution < 1.29 is 4.74 Å². The predicted octanol–water partition coefficient (Wildman–Crippen LogP) is 1.73. The van der Waals surface area contributed by atoms with Gasteiger partial charge < -0.3 is 9.72 Å². The lowest BCUT2D eigenvalue weighted by atomic mass is 9.94. The van der Waals surface area contributed by atoms with E-state index in [4.69, 9.17) is 9.72 Å². The molecule has 0 unspecified atom stereocenters. The average molecular weight is 395 g/mol. The van der Waals surface area contributed by atoms with Crippen LogP contribution in [0.2, 0.25) is 0 Å². The maximum absolute atomic E-state index is 12.6. The van der Waals surface area contributed by atoms with Crippen molar-refractivity contribution in [3.63, 3.8) is 0 Å². The van der Waals surface area contributed by atoms with Gasteiger partial charge in [0.15, 0.2) is 5.65 Å². The standard InChI is InChI=1S/C20H25N7O2/c1-12(26-10-14(11-26)17-3-6-21-13(2)23-17)18-24-19-16(20(28)25-18)9-22-27(19)15-4-7-29-8-5-15/h3,6,9,12,14-15H,4-5,7-8,10-11H2,1-2H3,(H,24,25,28)/t12-/m1/s1. The highest BCUT2D eigenvalue weighted by Crippen LogP contribution is 2.32. The lowest BCUT2D eigenvalue weighted by Gasteiger charge is -2.42. The molecule has 1 N–H and O–H groups in total. The fraction of sp³-hybridized carbons (Fsp3) is 0.550. The highest BCUT2D eigenvalue weighted by Gasteiger charge is 2.34. The zero-order chi connectivity index (χ0) is 20.0. The summed E-state index contributed by atoms with van der Waals surface area (Å²) in [5.41, 5.74) is 1.63. The molecule has 2 saturated heterocycles. The molecule has 2 aliphatic heterocycles. The summed E-state index contributed by atoms with van der Waals surface area (Å²) in [5, 5.41) is 5.02. The first-order chi connectivity index (χ1) is 14.1. The summed E-state index contributed by atoms with van der Waals surface area (Å²) < 4.78 is 7.37. The Bertz CT molecular complexity index is 1080. The number of aryl methyl sites for hydroxylation is 1. The molecule has 0 amide bonds. The molecule has 2 fully saturated rings. The van der Waals surface area contributed by atoms with Gasteiger partial charge in [0, 0.05) is 44.1 Å². The van der Waals surface area contributed by atoms with Gasteiger partial charge >= 0.3 is 0 Å². The second-order valence-electron chi connectivity index (χ2n) is 7.98. The fourth-order valence-corrected chi connectivity index (χ4v) is 4.24. The highest BCUT2D eigenvalue weighted by atomic mass is 16.5. The molecular weight excluding hydrogens is 370 g/mol. The van der Waals surface area contributed by atoms with E-state index in [2.05, 4.69) is 31.9 Å². The fourth-order valence-electron chi connectivity index (χ4n) is 4.24. The van der Waals surface area contributed by atoms with E-state index in [1.165, 1.54) is 0 Å². The normalized spacial score (nSPS) is 20.1. The summed E-state index contributed by atoms with van der Waals surface area (Å²) in [6.45, 7) is 7.21. The van der Waals surface area contributed by atoms with Crippen LogP contribution in [0, 0.1) is 6.92 Å². The lowest BCUT2D eigenvalue weighted by molar-refractivity contribution is 0.0672. The Balaban J connectivity index is 1.38. The number of ether oxygens (including phenoxy) is 1. The van der Waals surface area contributed by atoms with Crippen LogP contribution in [0.15, 0.2) is 23.3 Å². The third-order valence-corrected chi connectivity index (χ3v) is 6.09. The Morgan fingerprint density at radius 1 is 1.24 bits per heavy atom. The van der Waals surface area contributed by atoms with Gasteiger partial charge in [-0.2, -0.15) is 5.10 Å². The van der Waals surface area contributed by atoms with Gasteiger partial charge in [-0.05, 0) is 32.8 Å². The Hall–Kier alpha value is -2.65. The molecule has 3 aromatic heterocycles. The number of likely N-dealkylation sites (tertiary alicyclic amines) is 1. The van der Waals surface area contributed by atoms with Gasteiger partial charge in [0.2, 0.25) is 0 Å². The van der Waals surface area contributed by atoms with Gasteiger partial charge in [-0.3, -0.25) is 9.69 Å². The number of hydrogen-bond acceptors (Lipinski definition) is 7. The third-order valence-electron chi connectivity index (χ3n) is 6.09.